The standard InChI is InChI=1S/C46H35N/c1-46(2)42-18-10-8-16-37(42)38-23-20-30(27-43(38)46)29-21-25-45-41(26-29)39-17-9-11-19-44(39)47(45)31-22-24-36-34-13-5-3-4-12-32(34)33-14-6-7-15-35(33)40(36)28-31/h3,5-8,10-16,18-28H,4,9,17H2,1-2H3. The molecule has 47 heavy (non-hydrogen) atoms. The lowest BCUT2D eigenvalue weighted by Crippen LogP contribution is -2.26. The summed E-state index contributed by atoms with van der Waals surface area (Å²) in [4.78, 5) is 0. The number of aryl methyl sites for hydroxylation is 1. The highest BCUT2D eigenvalue weighted by molar-refractivity contribution is 6.09. The molecular formula is C46H35N. The van der Waals surface area contributed by atoms with Gasteiger partial charge in [0.15, 0.2) is 0 Å². The molecule has 0 saturated heterocycles. The minimum absolute atomic E-state index is 0.00989. The van der Waals surface area contributed by atoms with Gasteiger partial charge in [-0.1, -0.05) is 117 Å². The van der Waals surface area contributed by atoms with Crippen LogP contribution in [0.4, 0.5) is 0 Å². The normalized spacial score (nSPS) is 15.5. The van der Waals surface area contributed by atoms with Gasteiger partial charge in [0, 0.05) is 22.2 Å². The van der Waals surface area contributed by atoms with E-state index in [2.05, 4.69) is 158 Å². The average Bonchev–Trinajstić information content (AvgIpc) is 3.40. The first-order valence-electron chi connectivity index (χ1n) is 17.0. The zero-order valence-corrected chi connectivity index (χ0v) is 26.8. The minimum atomic E-state index is -0.00989. The van der Waals surface area contributed by atoms with E-state index in [4.69, 9.17) is 0 Å². The maximum Gasteiger partial charge on any atom is 0.0538 e. The van der Waals surface area contributed by atoms with Gasteiger partial charge >= 0.3 is 0 Å². The maximum atomic E-state index is 2.50. The highest BCUT2D eigenvalue weighted by atomic mass is 15.0. The number of allylic oxidation sites excluding steroid dienone is 3. The zero-order valence-electron chi connectivity index (χ0n) is 26.8. The summed E-state index contributed by atoms with van der Waals surface area (Å²) < 4.78 is 2.50. The first-order valence-corrected chi connectivity index (χ1v) is 17.0. The van der Waals surface area contributed by atoms with Crippen LogP contribution in [0.3, 0.4) is 0 Å². The van der Waals surface area contributed by atoms with E-state index in [1.54, 1.807) is 0 Å². The molecule has 6 aromatic carbocycles. The Bertz CT molecular complexity index is 2670. The lowest BCUT2D eigenvalue weighted by atomic mass is 9.81. The Labute approximate surface area is 275 Å². The monoisotopic (exact) mass is 601 g/mol. The van der Waals surface area contributed by atoms with E-state index in [0.29, 0.717) is 0 Å². The molecule has 0 aliphatic heterocycles. The summed E-state index contributed by atoms with van der Waals surface area (Å²) in [6.45, 7) is 4.73. The third-order valence-corrected chi connectivity index (χ3v) is 11.1. The molecule has 0 spiro atoms. The van der Waals surface area contributed by atoms with Crippen molar-refractivity contribution < 1.29 is 0 Å². The van der Waals surface area contributed by atoms with Crippen molar-refractivity contribution in [1.29, 1.82) is 0 Å². The molecule has 0 N–H and O–H groups in total. The highest BCUT2D eigenvalue weighted by Gasteiger charge is 2.35. The van der Waals surface area contributed by atoms with Crippen LogP contribution in [-0.4, -0.2) is 4.57 Å². The van der Waals surface area contributed by atoms with Crippen molar-refractivity contribution in [2.24, 2.45) is 0 Å². The van der Waals surface area contributed by atoms with E-state index in [1.807, 2.05) is 0 Å². The molecule has 10 rings (SSSR count). The van der Waals surface area contributed by atoms with Crippen molar-refractivity contribution in [1.82, 2.24) is 4.57 Å². The van der Waals surface area contributed by atoms with Crippen molar-refractivity contribution in [3.8, 4) is 27.9 Å². The summed E-state index contributed by atoms with van der Waals surface area (Å²) >= 11 is 0. The number of nitrogens with zero attached hydrogens (tertiary/aromatic N) is 1. The third kappa shape index (κ3) is 3.77. The molecule has 1 heterocycles. The largest absolute Gasteiger partial charge is 0.310 e. The topological polar surface area (TPSA) is 4.93 Å². The lowest BCUT2D eigenvalue weighted by molar-refractivity contribution is 0.660. The Morgan fingerprint density at radius 3 is 2.34 bits per heavy atom. The van der Waals surface area contributed by atoms with Crippen molar-refractivity contribution in [3.05, 3.63) is 154 Å². The molecular weight excluding hydrogens is 567 g/mol. The molecule has 1 heteroatoms. The van der Waals surface area contributed by atoms with E-state index >= 15 is 0 Å². The van der Waals surface area contributed by atoms with Crippen LogP contribution < -0.4 is 10.4 Å². The summed E-state index contributed by atoms with van der Waals surface area (Å²) in [5, 5.41) is 9.31. The Morgan fingerprint density at radius 1 is 0.617 bits per heavy atom. The summed E-state index contributed by atoms with van der Waals surface area (Å²) in [5.74, 6) is 0. The van der Waals surface area contributed by atoms with Gasteiger partial charge in [0.1, 0.15) is 0 Å². The third-order valence-electron chi connectivity index (χ3n) is 11.1. The molecule has 3 aliphatic carbocycles. The molecule has 224 valence electrons. The van der Waals surface area contributed by atoms with Gasteiger partial charge in [0.05, 0.1) is 5.52 Å². The van der Waals surface area contributed by atoms with Crippen LogP contribution in [0, 0.1) is 0 Å². The van der Waals surface area contributed by atoms with Crippen molar-refractivity contribution >= 4 is 50.7 Å². The Morgan fingerprint density at radius 2 is 1.40 bits per heavy atom. The quantitative estimate of drug-likeness (QED) is 0.174. The van der Waals surface area contributed by atoms with Crippen molar-refractivity contribution in [3.63, 3.8) is 0 Å². The smallest absolute Gasteiger partial charge is 0.0538 e. The second-order valence-electron chi connectivity index (χ2n) is 13.9. The fraction of sp³-hybridized carbons (Fsp3) is 0.130. The van der Waals surface area contributed by atoms with Crippen LogP contribution in [0.25, 0.3) is 78.6 Å². The molecule has 7 aromatic rings. The van der Waals surface area contributed by atoms with Gasteiger partial charge in [-0.15, -0.1) is 0 Å². The van der Waals surface area contributed by atoms with E-state index < -0.39 is 0 Å². The fourth-order valence-electron chi connectivity index (χ4n) is 8.78. The van der Waals surface area contributed by atoms with E-state index in [0.717, 1.165) is 19.3 Å². The van der Waals surface area contributed by atoms with Crippen LogP contribution >= 0.6 is 0 Å². The van der Waals surface area contributed by atoms with E-state index in [9.17, 15) is 0 Å². The Balaban J connectivity index is 1.17. The molecule has 0 atom stereocenters. The van der Waals surface area contributed by atoms with E-state index in [1.165, 1.54) is 93.2 Å². The molecule has 3 aliphatic rings. The second-order valence-corrected chi connectivity index (χ2v) is 13.9. The van der Waals surface area contributed by atoms with Gasteiger partial charge in [0.25, 0.3) is 0 Å². The first kappa shape index (κ1) is 26.8. The molecule has 0 bridgehead atoms. The van der Waals surface area contributed by atoms with Gasteiger partial charge in [-0.25, -0.2) is 0 Å². The number of hydrogen-bond donors (Lipinski definition) is 0. The maximum absolute atomic E-state index is 2.50. The fourth-order valence-corrected chi connectivity index (χ4v) is 8.78. The number of benzene rings is 6. The molecule has 0 saturated carbocycles. The number of aromatic nitrogens is 1. The average molecular weight is 602 g/mol. The van der Waals surface area contributed by atoms with Gasteiger partial charge in [-0.05, 0) is 127 Å². The van der Waals surface area contributed by atoms with Crippen LogP contribution in [0.1, 0.15) is 49.1 Å². The van der Waals surface area contributed by atoms with E-state index in [-0.39, 0.29) is 5.41 Å². The predicted molar refractivity (Wildman–Crippen MR) is 201 cm³/mol. The molecule has 0 unspecified atom stereocenters. The minimum Gasteiger partial charge on any atom is -0.310 e. The lowest BCUT2D eigenvalue weighted by Gasteiger charge is -2.22. The molecule has 1 aromatic heterocycles. The number of hydrogen-bond acceptors (Lipinski definition) is 0. The predicted octanol–water partition coefficient (Wildman–Crippen LogP) is 10.4. The zero-order chi connectivity index (χ0) is 31.3. The Kier molecular flexibility index (Phi) is 5.58. The first-order chi connectivity index (χ1) is 23.1. The van der Waals surface area contributed by atoms with Gasteiger partial charge in [-0.2, -0.15) is 0 Å². The van der Waals surface area contributed by atoms with Crippen molar-refractivity contribution in [2.75, 3.05) is 0 Å². The highest BCUT2D eigenvalue weighted by Crippen LogP contribution is 2.49. The SMILES string of the molecule is CC1(C)c2ccccc2-c2ccc(-c3ccc4c(c3)c3c(n4-c4ccc5c6c(c7ccccc7c5c4)=CCC=CC=6)C=CCC3)cc21. The van der Waals surface area contributed by atoms with Crippen LogP contribution in [0.2, 0.25) is 0 Å². The molecule has 0 radical (unpaired) electrons. The Hall–Kier alpha value is -5.40. The summed E-state index contributed by atoms with van der Waals surface area (Å²) in [7, 11) is 0. The van der Waals surface area contributed by atoms with Gasteiger partial charge in [0.2, 0.25) is 0 Å². The van der Waals surface area contributed by atoms with Crippen LogP contribution in [0.15, 0.2) is 121 Å². The molecule has 1 nitrogen and oxygen atoms in total. The van der Waals surface area contributed by atoms with Crippen LogP contribution in [-0.2, 0) is 11.8 Å². The molecule has 0 amide bonds. The number of fused-ring (bicyclic) bond motifs is 12. The van der Waals surface area contributed by atoms with Gasteiger partial charge < -0.3 is 4.57 Å². The van der Waals surface area contributed by atoms with Crippen LogP contribution in [0.5, 0.6) is 0 Å². The van der Waals surface area contributed by atoms with Gasteiger partial charge in [-0.3, -0.25) is 0 Å². The summed E-state index contributed by atoms with van der Waals surface area (Å²) in [5.41, 5.74) is 13.4. The number of rotatable bonds is 2. The van der Waals surface area contributed by atoms with Crippen molar-refractivity contribution in [2.45, 2.75) is 38.5 Å². The summed E-state index contributed by atoms with van der Waals surface area (Å²) in [6.07, 6.45) is 16.9. The second kappa shape index (κ2) is 9.80. The summed E-state index contributed by atoms with van der Waals surface area (Å²) in [6, 6.07) is 39.2. The molecule has 0 fully saturated rings.